The van der Waals surface area contributed by atoms with Crippen molar-refractivity contribution in [2.24, 2.45) is 0 Å². The molecule has 0 saturated heterocycles. The predicted molar refractivity (Wildman–Crippen MR) is 75.2 cm³/mol. The van der Waals surface area contributed by atoms with E-state index in [1.807, 2.05) is 30.3 Å². The zero-order valence-electron chi connectivity index (χ0n) is 11.1. The van der Waals surface area contributed by atoms with E-state index in [2.05, 4.69) is 0 Å². The standard InChI is InChI=1S/C16H13ClF2O/c1-16(2,10-6-4-3-5-7-10)15(20)11-8-13(18)14(19)9-12(11)17/h3-9H,1-2H3. The summed E-state index contributed by atoms with van der Waals surface area (Å²) in [5.41, 5.74) is -0.111. The average molecular weight is 295 g/mol. The minimum atomic E-state index is -1.08. The third-order valence-electron chi connectivity index (χ3n) is 3.32. The highest BCUT2D eigenvalue weighted by molar-refractivity contribution is 6.34. The molecule has 2 aromatic rings. The quantitative estimate of drug-likeness (QED) is 0.588. The van der Waals surface area contributed by atoms with Gasteiger partial charge in [-0.25, -0.2) is 8.78 Å². The highest BCUT2D eigenvalue weighted by atomic mass is 35.5. The lowest BCUT2D eigenvalue weighted by molar-refractivity contribution is 0.0908. The van der Waals surface area contributed by atoms with Crippen molar-refractivity contribution in [3.8, 4) is 0 Å². The molecule has 0 bridgehead atoms. The third kappa shape index (κ3) is 2.59. The molecular formula is C16H13ClF2O. The summed E-state index contributed by atoms with van der Waals surface area (Å²) in [7, 11) is 0. The van der Waals surface area contributed by atoms with Gasteiger partial charge in [-0.1, -0.05) is 41.9 Å². The summed E-state index contributed by atoms with van der Waals surface area (Å²) in [4.78, 5) is 12.6. The molecule has 0 unspecified atom stereocenters. The summed E-state index contributed by atoms with van der Waals surface area (Å²) in [5.74, 6) is -2.50. The fourth-order valence-electron chi connectivity index (χ4n) is 2.02. The number of rotatable bonds is 3. The summed E-state index contributed by atoms with van der Waals surface area (Å²) < 4.78 is 26.4. The van der Waals surface area contributed by atoms with Gasteiger partial charge >= 0.3 is 0 Å². The smallest absolute Gasteiger partial charge is 0.174 e. The van der Waals surface area contributed by atoms with E-state index in [9.17, 15) is 13.6 Å². The number of carbonyl (C=O) groups is 1. The second-order valence-corrected chi connectivity index (χ2v) is 5.47. The SMILES string of the molecule is CC(C)(C(=O)c1cc(F)c(F)cc1Cl)c1ccccc1. The van der Waals surface area contributed by atoms with E-state index in [4.69, 9.17) is 11.6 Å². The van der Waals surface area contributed by atoms with Crippen molar-refractivity contribution in [1.29, 1.82) is 0 Å². The number of hydrogen-bond donors (Lipinski definition) is 0. The highest BCUT2D eigenvalue weighted by Crippen LogP contribution is 2.31. The Labute approximate surface area is 121 Å². The van der Waals surface area contributed by atoms with Crippen molar-refractivity contribution in [2.75, 3.05) is 0 Å². The van der Waals surface area contributed by atoms with Crippen LogP contribution in [0.3, 0.4) is 0 Å². The molecule has 0 amide bonds. The third-order valence-corrected chi connectivity index (χ3v) is 3.63. The first-order valence-electron chi connectivity index (χ1n) is 6.09. The molecule has 4 heteroatoms. The van der Waals surface area contributed by atoms with Crippen LogP contribution >= 0.6 is 11.6 Å². The predicted octanol–water partition coefficient (Wildman–Crippen LogP) is 4.78. The number of halogens is 3. The monoisotopic (exact) mass is 294 g/mol. The van der Waals surface area contributed by atoms with E-state index >= 15 is 0 Å². The van der Waals surface area contributed by atoms with Gasteiger partial charge in [-0.05, 0) is 31.5 Å². The van der Waals surface area contributed by atoms with Crippen LogP contribution in [0.15, 0.2) is 42.5 Å². The molecular weight excluding hydrogens is 282 g/mol. The van der Waals surface area contributed by atoms with Gasteiger partial charge in [0, 0.05) is 5.56 Å². The molecule has 2 rings (SSSR count). The number of carbonyl (C=O) groups excluding carboxylic acids is 1. The summed E-state index contributed by atoms with van der Waals surface area (Å²) in [6.45, 7) is 3.45. The fourth-order valence-corrected chi connectivity index (χ4v) is 2.26. The molecule has 104 valence electrons. The van der Waals surface area contributed by atoms with E-state index in [0.717, 1.165) is 17.7 Å². The molecule has 0 spiro atoms. The molecule has 0 heterocycles. The van der Waals surface area contributed by atoms with Crippen LogP contribution in [0.1, 0.15) is 29.8 Å². The van der Waals surface area contributed by atoms with Gasteiger partial charge in [0.1, 0.15) is 0 Å². The van der Waals surface area contributed by atoms with Crippen LogP contribution in [0.5, 0.6) is 0 Å². The summed E-state index contributed by atoms with van der Waals surface area (Å²) in [6, 6.07) is 10.8. The molecule has 1 nitrogen and oxygen atoms in total. The minimum Gasteiger partial charge on any atom is -0.293 e. The lowest BCUT2D eigenvalue weighted by Gasteiger charge is -2.24. The van der Waals surface area contributed by atoms with Gasteiger partial charge in [-0.2, -0.15) is 0 Å². The van der Waals surface area contributed by atoms with Gasteiger partial charge in [0.2, 0.25) is 0 Å². The Kier molecular flexibility index (Phi) is 3.91. The first-order chi connectivity index (χ1) is 9.34. The number of benzene rings is 2. The Hall–Kier alpha value is -1.74. The van der Waals surface area contributed by atoms with Gasteiger partial charge < -0.3 is 0 Å². The second-order valence-electron chi connectivity index (χ2n) is 5.07. The summed E-state index contributed by atoms with van der Waals surface area (Å²) in [6.07, 6.45) is 0. The van der Waals surface area contributed by atoms with Crippen molar-refractivity contribution < 1.29 is 13.6 Å². The van der Waals surface area contributed by atoms with E-state index in [1.165, 1.54) is 0 Å². The van der Waals surface area contributed by atoms with Crippen LogP contribution in [0, 0.1) is 11.6 Å². The van der Waals surface area contributed by atoms with Crippen LogP contribution in [0.2, 0.25) is 5.02 Å². The lowest BCUT2D eigenvalue weighted by Crippen LogP contribution is -2.29. The lowest BCUT2D eigenvalue weighted by atomic mass is 9.78. The van der Waals surface area contributed by atoms with Crippen molar-refractivity contribution in [2.45, 2.75) is 19.3 Å². The van der Waals surface area contributed by atoms with Crippen molar-refractivity contribution in [3.63, 3.8) is 0 Å². The second kappa shape index (κ2) is 5.33. The number of ketones is 1. The van der Waals surface area contributed by atoms with Crippen LogP contribution in [-0.2, 0) is 5.41 Å². The Bertz CT molecular complexity index is 651. The summed E-state index contributed by atoms with van der Waals surface area (Å²) in [5, 5.41) is -0.0853. The highest BCUT2D eigenvalue weighted by Gasteiger charge is 2.32. The van der Waals surface area contributed by atoms with E-state index in [0.29, 0.717) is 0 Å². The van der Waals surface area contributed by atoms with Crippen molar-refractivity contribution in [3.05, 3.63) is 70.2 Å². The van der Waals surface area contributed by atoms with Crippen LogP contribution < -0.4 is 0 Å². The molecule has 0 aromatic heterocycles. The zero-order valence-corrected chi connectivity index (χ0v) is 11.8. The Morgan fingerprint density at radius 3 is 2.20 bits per heavy atom. The molecule has 20 heavy (non-hydrogen) atoms. The molecule has 0 radical (unpaired) electrons. The van der Waals surface area contributed by atoms with Gasteiger partial charge in [-0.15, -0.1) is 0 Å². The largest absolute Gasteiger partial charge is 0.293 e. The molecule has 0 aliphatic heterocycles. The summed E-state index contributed by atoms with van der Waals surface area (Å²) >= 11 is 5.86. The van der Waals surface area contributed by atoms with Crippen LogP contribution in [0.4, 0.5) is 8.78 Å². The molecule has 0 saturated carbocycles. The fraction of sp³-hybridized carbons (Fsp3) is 0.188. The van der Waals surface area contributed by atoms with E-state index in [1.54, 1.807) is 13.8 Å². The van der Waals surface area contributed by atoms with Gasteiger partial charge in [0.25, 0.3) is 0 Å². The van der Waals surface area contributed by atoms with Gasteiger partial charge in [0.15, 0.2) is 17.4 Å². The van der Waals surface area contributed by atoms with E-state index < -0.39 is 17.0 Å². The van der Waals surface area contributed by atoms with Crippen LogP contribution in [-0.4, -0.2) is 5.78 Å². The Balaban J connectivity index is 2.49. The van der Waals surface area contributed by atoms with Gasteiger partial charge in [0.05, 0.1) is 10.4 Å². The normalized spacial score (nSPS) is 11.4. The maximum absolute atomic E-state index is 13.3. The zero-order chi connectivity index (χ0) is 14.9. The first-order valence-corrected chi connectivity index (χ1v) is 6.46. The van der Waals surface area contributed by atoms with Crippen molar-refractivity contribution >= 4 is 17.4 Å². The average Bonchev–Trinajstić information content (AvgIpc) is 2.43. The van der Waals surface area contributed by atoms with Crippen LogP contribution in [0.25, 0.3) is 0 Å². The maximum atomic E-state index is 13.3. The Morgan fingerprint density at radius 1 is 1.05 bits per heavy atom. The Morgan fingerprint density at radius 2 is 1.60 bits per heavy atom. The maximum Gasteiger partial charge on any atom is 0.174 e. The molecule has 2 aromatic carbocycles. The molecule has 0 aliphatic carbocycles. The number of Topliss-reactive ketones (excluding diaryl/α,β-unsaturated/α-hetero) is 1. The molecule has 0 atom stereocenters. The topological polar surface area (TPSA) is 17.1 Å². The van der Waals surface area contributed by atoms with E-state index in [-0.39, 0.29) is 16.4 Å². The first kappa shape index (κ1) is 14.7. The minimum absolute atomic E-state index is 0.0144. The number of hydrogen-bond acceptors (Lipinski definition) is 1. The molecule has 0 aliphatic rings. The van der Waals surface area contributed by atoms with Gasteiger partial charge in [-0.3, -0.25) is 4.79 Å². The molecule has 0 N–H and O–H groups in total. The van der Waals surface area contributed by atoms with Crippen molar-refractivity contribution in [1.82, 2.24) is 0 Å². The molecule has 0 fully saturated rings.